The first-order valence-electron chi connectivity index (χ1n) is 10.2. The van der Waals surface area contributed by atoms with Gasteiger partial charge in [-0.2, -0.15) is 0 Å². The number of carbonyl (C=O) groups is 2. The van der Waals surface area contributed by atoms with Gasteiger partial charge in [-0.25, -0.2) is 0 Å². The van der Waals surface area contributed by atoms with E-state index in [0.29, 0.717) is 56.8 Å². The zero-order valence-corrected chi connectivity index (χ0v) is 21.4. The Kier molecular flexibility index (Phi) is 9.41. The molecule has 0 radical (unpaired) electrons. The van der Waals surface area contributed by atoms with Crippen molar-refractivity contribution in [2.45, 2.75) is 25.0 Å². The van der Waals surface area contributed by atoms with Crippen LogP contribution in [0.4, 0.5) is 5.69 Å². The zero-order chi connectivity index (χ0) is 24.7. The standard InChI is InChI=1S/C23H22Cl3N5O2S/c1-3-10-31-20(8-9-27-22(33)15-5-7-17(25)18(26)11-15)29-30-23(31)34-13-21(32)28-19-12-16(24)6-4-14(19)2/h3-7,11-12H,1,8-10,13H2,2H3,(H,27,33)(H,28,32). The molecule has 0 aliphatic heterocycles. The van der Waals surface area contributed by atoms with Crippen LogP contribution in [0.1, 0.15) is 21.7 Å². The van der Waals surface area contributed by atoms with Gasteiger partial charge in [-0.05, 0) is 42.8 Å². The number of thioether (sulfide) groups is 1. The van der Waals surface area contributed by atoms with Crippen LogP contribution in [0.5, 0.6) is 0 Å². The van der Waals surface area contributed by atoms with Crippen LogP contribution in [-0.4, -0.2) is 38.9 Å². The summed E-state index contributed by atoms with van der Waals surface area (Å²) in [5.74, 6) is 0.368. The topological polar surface area (TPSA) is 88.9 Å². The van der Waals surface area contributed by atoms with Gasteiger partial charge in [0.05, 0.1) is 15.8 Å². The van der Waals surface area contributed by atoms with Crippen molar-refractivity contribution in [2.75, 3.05) is 17.6 Å². The molecule has 3 aromatic rings. The number of anilines is 1. The first-order valence-corrected chi connectivity index (χ1v) is 12.4. The fraction of sp³-hybridized carbons (Fsp3) is 0.217. The summed E-state index contributed by atoms with van der Waals surface area (Å²) >= 11 is 19.2. The molecule has 0 bridgehead atoms. The maximum atomic E-state index is 12.4. The third kappa shape index (κ3) is 6.99. The second-order valence-corrected chi connectivity index (χ2v) is 9.42. The summed E-state index contributed by atoms with van der Waals surface area (Å²) in [5.41, 5.74) is 2.01. The third-order valence-electron chi connectivity index (χ3n) is 4.73. The molecule has 7 nitrogen and oxygen atoms in total. The first kappa shape index (κ1) is 26.1. The Balaban J connectivity index is 1.57. The maximum Gasteiger partial charge on any atom is 0.251 e. The minimum Gasteiger partial charge on any atom is -0.352 e. The molecule has 0 spiro atoms. The Morgan fingerprint density at radius 2 is 1.91 bits per heavy atom. The number of hydrogen-bond acceptors (Lipinski definition) is 5. The molecule has 178 valence electrons. The number of nitrogens with zero attached hydrogens (tertiary/aromatic N) is 3. The van der Waals surface area contributed by atoms with Gasteiger partial charge in [-0.3, -0.25) is 9.59 Å². The highest BCUT2D eigenvalue weighted by molar-refractivity contribution is 7.99. The second-order valence-electron chi connectivity index (χ2n) is 7.23. The van der Waals surface area contributed by atoms with E-state index in [9.17, 15) is 9.59 Å². The third-order valence-corrected chi connectivity index (χ3v) is 6.67. The van der Waals surface area contributed by atoms with E-state index in [1.54, 1.807) is 30.3 Å². The number of hydrogen-bond donors (Lipinski definition) is 2. The number of rotatable bonds is 10. The molecule has 0 aliphatic carbocycles. The number of aryl methyl sites for hydroxylation is 1. The summed E-state index contributed by atoms with van der Waals surface area (Å²) in [4.78, 5) is 24.8. The minimum absolute atomic E-state index is 0.148. The molecule has 2 aromatic carbocycles. The van der Waals surface area contributed by atoms with E-state index < -0.39 is 0 Å². The molecule has 0 saturated heterocycles. The summed E-state index contributed by atoms with van der Waals surface area (Å²) in [6.45, 7) is 6.49. The van der Waals surface area contributed by atoms with Gasteiger partial charge in [0, 0.05) is 35.8 Å². The van der Waals surface area contributed by atoms with E-state index in [2.05, 4.69) is 27.4 Å². The van der Waals surface area contributed by atoms with Crippen molar-refractivity contribution in [3.8, 4) is 0 Å². The molecular weight excluding hydrogens is 517 g/mol. The fourth-order valence-corrected chi connectivity index (χ4v) is 4.23. The average Bonchev–Trinajstić information content (AvgIpc) is 3.18. The van der Waals surface area contributed by atoms with Crippen LogP contribution in [-0.2, 0) is 17.8 Å². The summed E-state index contributed by atoms with van der Waals surface area (Å²) in [6.07, 6.45) is 2.17. The Morgan fingerprint density at radius 1 is 1.12 bits per heavy atom. The molecule has 0 saturated carbocycles. The van der Waals surface area contributed by atoms with Crippen LogP contribution in [0, 0.1) is 6.92 Å². The van der Waals surface area contributed by atoms with Crippen LogP contribution in [0.25, 0.3) is 0 Å². The van der Waals surface area contributed by atoms with Gasteiger partial charge in [0.2, 0.25) is 5.91 Å². The predicted molar refractivity (Wildman–Crippen MR) is 138 cm³/mol. The summed E-state index contributed by atoms with van der Waals surface area (Å²) in [7, 11) is 0. The lowest BCUT2D eigenvalue weighted by Crippen LogP contribution is -2.26. The Hall–Kier alpha value is -2.52. The van der Waals surface area contributed by atoms with Crippen molar-refractivity contribution >= 4 is 64.1 Å². The van der Waals surface area contributed by atoms with E-state index in [4.69, 9.17) is 34.8 Å². The molecule has 0 fully saturated rings. The van der Waals surface area contributed by atoms with Crippen molar-refractivity contribution in [2.24, 2.45) is 0 Å². The molecular formula is C23H22Cl3N5O2S. The number of halogens is 3. The molecule has 2 N–H and O–H groups in total. The van der Waals surface area contributed by atoms with Gasteiger partial charge in [-0.1, -0.05) is 58.7 Å². The lowest BCUT2D eigenvalue weighted by atomic mass is 10.2. The number of carbonyl (C=O) groups excluding carboxylic acids is 2. The number of allylic oxidation sites excluding steroid dienone is 1. The number of benzene rings is 2. The Labute approximate surface area is 216 Å². The smallest absolute Gasteiger partial charge is 0.251 e. The SMILES string of the molecule is C=CCn1c(CCNC(=O)c2ccc(Cl)c(Cl)c2)nnc1SCC(=O)Nc1cc(Cl)ccc1C. The maximum absolute atomic E-state index is 12.4. The highest BCUT2D eigenvalue weighted by atomic mass is 35.5. The lowest BCUT2D eigenvalue weighted by Gasteiger charge is -2.10. The van der Waals surface area contributed by atoms with E-state index in [1.165, 1.54) is 17.8 Å². The van der Waals surface area contributed by atoms with Crippen LogP contribution < -0.4 is 10.6 Å². The largest absolute Gasteiger partial charge is 0.352 e. The van der Waals surface area contributed by atoms with Crippen molar-refractivity contribution in [1.82, 2.24) is 20.1 Å². The minimum atomic E-state index is -0.268. The Morgan fingerprint density at radius 3 is 2.65 bits per heavy atom. The van der Waals surface area contributed by atoms with E-state index >= 15 is 0 Å². The molecule has 34 heavy (non-hydrogen) atoms. The number of aromatic nitrogens is 3. The summed E-state index contributed by atoms with van der Waals surface area (Å²) in [5, 5.41) is 16.0. The molecule has 0 unspecified atom stereocenters. The highest BCUT2D eigenvalue weighted by Gasteiger charge is 2.15. The quantitative estimate of drug-likeness (QED) is 0.265. The highest BCUT2D eigenvalue weighted by Crippen LogP contribution is 2.23. The van der Waals surface area contributed by atoms with E-state index in [-0.39, 0.29) is 17.6 Å². The number of amides is 2. The van der Waals surface area contributed by atoms with Gasteiger partial charge in [0.25, 0.3) is 5.91 Å². The van der Waals surface area contributed by atoms with Gasteiger partial charge >= 0.3 is 0 Å². The molecule has 11 heteroatoms. The molecule has 2 amide bonds. The lowest BCUT2D eigenvalue weighted by molar-refractivity contribution is -0.113. The zero-order valence-electron chi connectivity index (χ0n) is 18.3. The fourth-order valence-electron chi connectivity index (χ4n) is 3.00. The summed E-state index contributed by atoms with van der Waals surface area (Å²) < 4.78 is 1.86. The van der Waals surface area contributed by atoms with Gasteiger partial charge in [-0.15, -0.1) is 16.8 Å². The van der Waals surface area contributed by atoms with Crippen LogP contribution >= 0.6 is 46.6 Å². The van der Waals surface area contributed by atoms with Crippen molar-refractivity contribution in [3.63, 3.8) is 0 Å². The Bertz CT molecular complexity index is 1220. The van der Waals surface area contributed by atoms with Crippen LogP contribution in [0.3, 0.4) is 0 Å². The van der Waals surface area contributed by atoms with Crippen LogP contribution in [0.2, 0.25) is 15.1 Å². The first-order chi connectivity index (χ1) is 16.3. The van der Waals surface area contributed by atoms with Gasteiger partial charge in [0.1, 0.15) is 5.82 Å². The molecule has 1 aromatic heterocycles. The van der Waals surface area contributed by atoms with Gasteiger partial charge < -0.3 is 15.2 Å². The average molecular weight is 539 g/mol. The van der Waals surface area contributed by atoms with E-state index in [1.807, 2.05) is 17.6 Å². The van der Waals surface area contributed by atoms with Crippen molar-refractivity contribution in [1.29, 1.82) is 0 Å². The van der Waals surface area contributed by atoms with Crippen LogP contribution in [0.15, 0.2) is 54.2 Å². The van der Waals surface area contributed by atoms with Crippen molar-refractivity contribution < 1.29 is 9.59 Å². The van der Waals surface area contributed by atoms with E-state index in [0.717, 1.165) is 5.56 Å². The molecule has 1 heterocycles. The molecule has 0 atom stereocenters. The van der Waals surface area contributed by atoms with Gasteiger partial charge in [0.15, 0.2) is 5.16 Å². The van der Waals surface area contributed by atoms with Crippen molar-refractivity contribution in [3.05, 3.63) is 81.1 Å². The predicted octanol–water partition coefficient (Wildman–Crippen LogP) is 5.44. The molecule has 3 rings (SSSR count). The normalized spacial score (nSPS) is 10.7. The monoisotopic (exact) mass is 537 g/mol. The summed E-state index contributed by atoms with van der Waals surface area (Å²) in [6, 6.07) is 10.0. The number of nitrogens with one attached hydrogen (secondary N) is 2. The second kappa shape index (κ2) is 12.3. The molecule has 0 aliphatic rings.